The first-order valence-corrected chi connectivity index (χ1v) is 11.3. The molecule has 0 saturated carbocycles. The fourth-order valence-electron chi connectivity index (χ4n) is 4.41. The van der Waals surface area contributed by atoms with Gasteiger partial charge >= 0.3 is 6.18 Å². The van der Waals surface area contributed by atoms with Crippen LogP contribution >= 0.6 is 0 Å². The zero-order valence-electron chi connectivity index (χ0n) is 19.7. The van der Waals surface area contributed by atoms with Crippen LogP contribution < -0.4 is 10.6 Å². The minimum absolute atomic E-state index is 0.00926. The molecule has 37 heavy (non-hydrogen) atoms. The van der Waals surface area contributed by atoms with E-state index >= 15 is 0 Å². The molecule has 2 N–H and O–H groups in total. The summed E-state index contributed by atoms with van der Waals surface area (Å²) < 4.78 is 70.6. The van der Waals surface area contributed by atoms with Crippen molar-refractivity contribution in [2.24, 2.45) is 0 Å². The number of amides is 1. The smallest absolute Gasteiger partial charge is 0.371 e. The van der Waals surface area contributed by atoms with Crippen LogP contribution in [0.4, 0.5) is 33.7 Å². The van der Waals surface area contributed by atoms with E-state index < -0.39 is 37.1 Å². The van der Waals surface area contributed by atoms with Crippen LogP contribution in [0.2, 0.25) is 0 Å². The Morgan fingerprint density at radius 1 is 1.22 bits per heavy atom. The summed E-state index contributed by atoms with van der Waals surface area (Å²) in [6.45, 7) is -0.503. The molecule has 1 aliphatic rings. The Morgan fingerprint density at radius 3 is 2.68 bits per heavy atom. The molecule has 10 nitrogen and oxygen atoms in total. The van der Waals surface area contributed by atoms with E-state index in [4.69, 9.17) is 0 Å². The summed E-state index contributed by atoms with van der Waals surface area (Å²) in [7, 11) is 1.60. The molecule has 4 aromatic rings. The third-order valence-corrected chi connectivity index (χ3v) is 6.18. The highest BCUT2D eigenvalue weighted by Gasteiger charge is 2.45. The van der Waals surface area contributed by atoms with Gasteiger partial charge in [-0.2, -0.15) is 18.2 Å². The highest BCUT2D eigenvalue weighted by molar-refractivity contribution is 5.89. The highest BCUT2D eigenvalue weighted by atomic mass is 19.4. The summed E-state index contributed by atoms with van der Waals surface area (Å²) in [4.78, 5) is 25.3. The number of anilines is 2. The molecule has 1 saturated heterocycles. The first kappa shape index (κ1) is 24.6. The summed E-state index contributed by atoms with van der Waals surface area (Å²) in [5.41, 5.74) is 1.73. The van der Waals surface area contributed by atoms with Crippen LogP contribution in [0.3, 0.4) is 0 Å². The van der Waals surface area contributed by atoms with Crippen molar-refractivity contribution in [1.29, 1.82) is 0 Å². The van der Waals surface area contributed by atoms with Crippen molar-refractivity contribution >= 4 is 34.4 Å². The number of likely N-dealkylation sites (tertiary alicyclic amines) is 1. The summed E-state index contributed by atoms with van der Waals surface area (Å²) >= 11 is 0. The molecule has 196 valence electrons. The van der Waals surface area contributed by atoms with Crippen molar-refractivity contribution in [1.82, 2.24) is 34.0 Å². The van der Waals surface area contributed by atoms with Crippen LogP contribution in [0, 0.1) is 0 Å². The number of imidazole rings is 1. The van der Waals surface area contributed by atoms with Gasteiger partial charge < -0.3 is 20.1 Å². The third-order valence-electron chi connectivity index (χ3n) is 6.18. The molecule has 1 aliphatic heterocycles. The second kappa shape index (κ2) is 8.81. The normalized spacial score (nSPS) is 17.9. The number of carbonyl (C=O) groups is 1. The van der Waals surface area contributed by atoms with Gasteiger partial charge in [0.2, 0.25) is 11.9 Å². The number of nitrogens with zero attached hydrogens (tertiary/aromatic N) is 7. The van der Waals surface area contributed by atoms with Crippen LogP contribution in [0.1, 0.15) is 13.3 Å². The van der Waals surface area contributed by atoms with Gasteiger partial charge in [-0.05, 0) is 24.6 Å². The van der Waals surface area contributed by atoms with E-state index in [2.05, 4.69) is 30.7 Å². The van der Waals surface area contributed by atoms with Crippen molar-refractivity contribution < 1.29 is 26.7 Å². The number of pyridine rings is 1. The van der Waals surface area contributed by atoms with Crippen molar-refractivity contribution in [2.45, 2.75) is 38.0 Å². The lowest BCUT2D eigenvalue weighted by Crippen LogP contribution is -2.55. The molecular formula is C22H22F5N9O. The average Bonchev–Trinajstić information content (AvgIpc) is 3.42. The standard InChI is InChI=1S/C22H22F5N9O/c1-12(37)34-7-6-16(21(23,24)9-34)31-20-32-18(28-2)17-13(5-8-36(17)33-20)14-3-4-15-19(30-14)35(11-29-15)10-22(25,26)27/h3-5,8,11,16H,6-7,9-10H2,1-2H3,(H2,28,31,32,33). The zero-order valence-corrected chi connectivity index (χ0v) is 19.7. The fourth-order valence-corrected chi connectivity index (χ4v) is 4.41. The maximum atomic E-state index is 14.7. The maximum absolute atomic E-state index is 14.7. The molecule has 1 atom stereocenters. The third kappa shape index (κ3) is 4.72. The highest BCUT2D eigenvalue weighted by Crippen LogP contribution is 2.33. The van der Waals surface area contributed by atoms with E-state index in [1.807, 2.05) is 0 Å². The fraction of sp³-hybridized carbons (Fsp3) is 0.409. The van der Waals surface area contributed by atoms with E-state index in [0.717, 1.165) is 15.8 Å². The topological polar surface area (TPSA) is 105 Å². The molecule has 5 rings (SSSR count). The quantitative estimate of drug-likeness (QED) is 0.387. The van der Waals surface area contributed by atoms with Crippen LogP contribution in [0.5, 0.6) is 0 Å². The van der Waals surface area contributed by atoms with Gasteiger partial charge in [-0.1, -0.05) is 0 Å². The van der Waals surface area contributed by atoms with E-state index in [-0.39, 0.29) is 24.6 Å². The van der Waals surface area contributed by atoms with Gasteiger partial charge in [0.05, 0.1) is 24.6 Å². The summed E-state index contributed by atoms with van der Waals surface area (Å²) in [6, 6.07) is 3.57. The number of alkyl halides is 5. The molecule has 1 unspecified atom stereocenters. The Balaban J connectivity index is 1.48. The summed E-state index contributed by atoms with van der Waals surface area (Å²) in [5.74, 6) is -3.36. The number of hydrogen-bond acceptors (Lipinski definition) is 7. The number of piperidine rings is 1. The van der Waals surface area contributed by atoms with Gasteiger partial charge in [0.15, 0.2) is 11.5 Å². The number of halogens is 5. The number of fused-ring (bicyclic) bond motifs is 2. The van der Waals surface area contributed by atoms with Gasteiger partial charge in [-0.3, -0.25) is 4.79 Å². The number of nitrogens with one attached hydrogen (secondary N) is 2. The number of carbonyl (C=O) groups excluding carboxylic acids is 1. The Labute approximate surface area is 206 Å². The molecular weight excluding hydrogens is 501 g/mol. The number of aromatic nitrogens is 6. The lowest BCUT2D eigenvalue weighted by atomic mass is 10.0. The molecule has 15 heteroatoms. The molecule has 4 aromatic heterocycles. The minimum atomic E-state index is -4.44. The second-order valence-electron chi connectivity index (χ2n) is 8.77. The first-order valence-electron chi connectivity index (χ1n) is 11.3. The van der Waals surface area contributed by atoms with E-state index in [0.29, 0.717) is 28.1 Å². The van der Waals surface area contributed by atoms with Crippen LogP contribution in [-0.2, 0) is 11.3 Å². The second-order valence-corrected chi connectivity index (χ2v) is 8.77. The van der Waals surface area contributed by atoms with Crippen LogP contribution in [0.25, 0.3) is 27.9 Å². The largest absolute Gasteiger partial charge is 0.406 e. The van der Waals surface area contributed by atoms with E-state index in [1.165, 1.54) is 11.4 Å². The predicted molar refractivity (Wildman–Crippen MR) is 124 cm³/mol. The van der Waals surface area contributed by atoms with Crippen molar-refractivity contribution in [3.63, 3.8) is 0 Å². The zero-order chi connectivity index (χ0) is 26.5. The first-order chi connectivity index (χ1) is 17.4. The molecule has 0 aliphatic carbocycles. The van der Waals surface area contributed by atoms with Crippen LogP contribution in [0.15, 0.2) is 30.7 Å². The molecule has 1 amide bonds. The molecule has 5 heterocycles. The molecule has 0 bridgehead atoms. The van der Waals surface area contributed by atoms with Gasteiger partial charge in [0.25, 0.3) is 5.92 Å². The molecule has 1 fully saturated rings. The SMILES string of the molecule is CNc1nc(NC2CCN(C(C)=O)CC2(F)F)nn2ccc(-c3ccc4ncn(CC(F)(F)F)c4n3)c12. The number of hydrogen-bond donors (Lipinski definition) is 2. The molecule has 0 spiro atoms. The Morgan fingerprint density at radius 2 is 2.00 bits per heavy atom. The lowest BCUT2D eigenvalue weighted by molar-refractivity contribution is -0.140. The Bertz CT molecular complexity index is 1480. The van der Waals surface area contributed by atoms with Crippen molar-refractivity contribution in [3.8, 4) is 11.3 Å². The van der Waals surface area contributed by atoms with Gasteiger partial charge in [-0.15, -0.1) is 5.10 Å². The number of rotatable bonds is 5. The van der Waals surface area contributed by atoms with Gasteiger partial charge in [-0.25, -0.2) is 23.3 Å². The van der Waals surface area contributed by atoms with Crippen LogP contribution in [-0.4, -0.2) is 78.2 Å². The summed E-state index contributed by atoms with van der Waals surface area (Å²) in [6.07, 6.45) is -1.77. The van der Waals surface area contributed by atoms with Crippen molar-refractivity contribution in [2.75, 3.05) is 30.8 Å². The molecule has 0 radical (unpaired) electrons. The van der Waals surface area contributed by atoms with E-state index in [9.17, 15) is 26.7 Å². The van der Waals surface area contributed by atoms with Crippen molar-refractivity contribution in [3.05, 3.63) is 30.7 Å². The Hall–Kier alpha value is -4.04. The predicted octanol–water partition coefficient (Wildman–Crippen LogP) is 3.41. The van der Waals surface area contributed by atoms with Gasteiger partial charge in [0, 0.05) is 32.3 Å². The lowest BCUT2D eigenvalue weighted by Gasteiger charge is -2.38. The monoisotopic (exact) mass is 523 g/mol. The Kier molecular flexibility index (Phi) is 5.87. The molecule has 0 aromatic carbocycles. The van der Waals surface area contributed by atoms with E-state index in [1.54, 1.807) is 31.4 Å². The van der Waals surface area contributed by atoms with Gasteiger partial charge in [0.1, 0.15) is 17.6 Å². The maximum Gasteiger partial charge on any atom is 0.406 e. The summed E-state index contributed by atoms with van der Waals surface area (Å²) in [5, 5.41) is 9.92. The minimum Gasteiger partial charge on any atom is -0.371 e. The average molecular weight is 523 g/mol.